The van der Waals surface area contributed by atoms with Crippen LogP contribution in [0.5, 0.6) is 11.5 Å². The highest BCUT2D eigenvalue weighted by molar-refractivity contribution is 7.90. The van der Waals surface area contributed by atoms with E-state index in [9.17, 15) is 51.3 Å². The average Bonchev–Trinajstić information content (AvgIpc) is 1.40. The molecule has 2 aliphatic heterocycles. The van der Waals surface area contributed by atoms with Gasteiger partial charge in [-0.15, -0.1) is 0 Å². The number of guanidine groups is 2. The van der Waals surface area contributed by atoms with E-state index in [2.05, 4.69) is 51.0 Å². The second kappa shape index (κ2) is 33.1. The van der Waals surface area contributed by atoms with Crippen molar-refractivity contribution >= 4 is 61.9 Å². The lowest BCUT2D eigenvalue weighted by Crippen LogP contribution is -2.58. The van der Waals surface area contributed by atoms with Crippen LogP contribution in [0.3, 0.4) is 0 Å². The Morgan fingerprint density at radius 2 is 1.09 bits per heavy atom. The number of sulfonamides is 2. The van der Waals surface area contributed by atoms with Crippen molar-refractivity contribution in [3.63, 3.8) is 0 Å². The largest absolute Gasteiger partial charge is 0.504 e. The molecule has 12 N–H and O–H groups in total. The molecule has 3 aliphatic rings. The first-order chi connectivity index (χ1) is 47.3. The molecule has 101 heavy (non-hydrogen) atoms. The van der Waals surface area contributed by atoms with E-state index in [1.807, 2.05) is 90.1 Å². The van der Waals surface area contributed by atoms with Crippen LogP contribution in [0.1, 0.15) is 182 Å². The average molecular weight is 1440 g/mol. The predicted molar refractivity (Wildman–Crippen MR) is 386 cm³/mol. The van der Waals surface area contributed by atoms with E-state index in [0.29, 0.717) is 83.2 Å². The van der Waals surface area contributed by atoms with Crippen LogP contribution >= 0.6 is 0 Å². The molecule has 4 aromatic rings. The second-order valence-electron chi connectivity index (χ2n) is 28.7. The lowest BCUT2D eigenvalue weighted by atomic mass is 9.88. The molecule has 5 amide bonds. The van der Waals surface area contributed by atoms with Crippen molar-refractivity contribution in [2.24, 2.45) is 27.4 Å². The molecule has 0 saturated carbocycles. The van der Waals surface area contributed by atoms with Crippen molar-refractivity contribution in [2.75, 3.05) is 26.2 Å². The first-order valence-corrected chi connectivity index (χ1v) is 37.2. The fraction of sp³-hybridized carbons (Fsp3) is 0.542. The standard InChI is InChI=1S/C72H101N13O14S2/c1-40(2)58(65(89)81-55(28-20-21-35-78-68(90)99-70(9,10)11)63(87)80-54(57(86)38-79-75)29-22-36-76-66(73)84-100(92,93)61-43(5)41(3)59-47(45(61)7)31-33-71(12,13)97-59)83-64(88)56(82-69(91)96-39-53-51-26-18-16-24-49(51)50-25-17-19-27-52(50)53)30-23-37-77-67(74)85-101(94,95)62-44(6)42(4)60-48(46(62)8)32-34-72(14,15)98-60/h16-19,24-27,38,40,53-56,58H,20-23,28-37,39H2,1-15H3,(H11-,73,74,76,77,78,80,81,82,83,84,85,86,87,88,89,90,91)/p+1/b57-38-/t54-,55-,56-,58-/m0/s1. The van der Waals surface area contributed by atoms with Crippen molar-refractivity contribution in [1.82, 2.24) is 36.0 Å². The molecule has 0 fully saturated rings. The van der Waals surface area contributed by atoms with Crippen molar-refractivity contribution < 1.29 is 64.9 Å². The number of nitrogens with zero attached hydrogens (tertiary/aromatic N) is 4. The Bertz CT molecular complexity index is 4110. The third kappa shape index (κ3) is 20.3. The molecule has 4 atom stereocenters. The van der Waals surface area contributed by atoms with Crippen LogP contribution in [-0.4, -0.2) is 131 Å². The molecule has 2 heterocycles. The lowest BCUT2D eigenvalue weighted by molar-refractivity contribution is -0.133. The number of nitrogens with two attached hydrogens (primary N) is 2. The second-order valence-corrected chi connectivity index (χ2v) is 32.0. The van der Waals surface area contributed by atoms with Gasteiger partial charge in [-0.1, -0.05) is 62.4 Å². The molecule has 0 aromatic heterocycles. The number of carbonyl (C=O) groups is 5. The number of nitrogens with one attached hydrogen (secondary N) is 7. The summed E-state index contributed by atoms with van der Waals surface area (Å²) >= 11 is 0. The van der Waals surface area contributed by atoms with Gasteiger partial charge in [-0.2, -0.15) is 0 Å². The van der Waals surface area contributed by atoms with E-state index in [1.165, 1.54) is 0 Å². The molecule has 29 heteroatoms. The van der Waals surface area contributed by atoms with Gasteiger partial charge in [-0.3, -0.25) is 24.4 Å². The Labute approximate surface area is 593 Å². The summed E-state index contributed by atoms with van der Waals surface area (Å²) in [5.74, 6) is -3.53. The Balaban J connectivity index is 1.07. The number of hydrogen-bond acceptors (Lipinski definition) is 17. The van der Waals surface area contributed by atoms with Crippen LogP contribution in [0, 0.1) is 52.9 Å². The number of ether oxygens (including phenoxy) is 4. The van der Waals surface area contributed by atoms with Crippen molar-refractivity contribution in [3.05, 3.63) is 121 Å². The number of diazo groups is 1. The fourth-order valence-electron chi connectivity index (χ4n) is 13.0. The number of carbonyl (C=O) groups excluding carboxylic acids is 5. The van der Waals surface area contributed by atoms with Gasteiger partial charge in [0.15, 0.2) is 4.98 Å². The molecule has 4 aromatic carbocycles. The van der Waals surface area contributed by atoms with E-state index in [-0.39, 0.29) is 80.5 Å². The van der Waals surface area contributed by atoms with E-state index in [4.69, 9.17) is 30.4 Å². The highest BCUT2D eigenvalue weighted by atomic mass is 32.2. The highest BCUT2D eigenvalue weighted by Gasteiger charge is 2.38. The van der Waals surface area contributed by atoms with Crippen molar-refractivity contribution in [1.29, 1.82) is 5.39 Å². The summed E-state index contributed by atoms with van der Waals surface area (Å²) in [6.07, 6.45) is 2.07. The topological polar surface area (TPSA) is 400 Å². The van der Waals surface area contributed by atoms with Crippen LogP contribution in [0.2, 0.25) is 0 Å². The summed E-state index contributed by atoms with van der Waals surface area (Å²) in [5.41, 5.74) is 19.7. The molecule has 0 unspecified atom stereocenters. The summed E-state index contributed by atoms with van der Waals surface area (Å²) in [5, 5.41) is 34.2. The van der Waals surface area contributed by atoms with Gasteiger partial charge in [0.1, 0.15) is 53.0 Å². The normalized spacial score (nSPS) is 16.2. The van der Waals surface area contributed by atoms with Gasteiger partial charge < -0.3 is 62.1 Å². The first kappa shape index (κ1) is 79.2. The molecule has 0 radical (unpaired) electrons. The number of rotatable bonds is 28. The van der Waals surface area contributed by atoms with Gasteiger partial charge in [0.05, 0.1) is 15.8 Å². The smallest absolute Gasteiger partial charge is 0.407 e. The number of fused-ring (bicyclic) bond motifs is 5. The Hall–Kier alpha value is -9.17. The number of unbranched alkanes of at least 4 members (excludes halogenated alkanes) is 1. The molecular formula is C72H102N13O14S2+. The van der Waals surface area contributed by atoms with Gasteiger partial charge in [0.25, 0.3) is 20.0 Å². The molecule has 27 nitrogen and oxygen atoms in total. The fourth-order valence-corrected chi connectivity index (χ4v) is 16.0. The van der Waals surface area contributed by atoms with Crippen LogP contribution in [0.4, 0.5) is 9.59 Å². The Kier molecular flexibility index (Phi) is 25.9. The van der Waals surface area contributed by atoms with Gasteiger partial charge >= 0.3 is 18.4 Å². The summed E-state index contributed by atoms with van der Waals surface area (Å²) < 4.78 is 84.7. The summed E-state index contributed by atoms with van der Waals surface area (Å²) in [4.78, 5) is 82.1. The molecule has 7 rings (SSSR count). The first-order valence-electron chi connectivity index (χ1n) is 34.3. The third-order valence-corrected chi connectivity index (χ3v) is 21.8. The zero-order chi connectivity index (χ0) is 74.7. The number of aliphatic imine (C=N–C) groups is 2. The zero-order valence-corrected chi connectivity index (χ0v) is 62.4. The number of amides is 5. The molecule has 0 spiro atoms. The van der Waals surface area contributed by atoms with Gasteiger partial charge in [-0.05, 0) is 233 Å². The van der Waals surface area contributed by atoms with E-state index in [0.717, 1.165) is 33.4 Å². The maximum Gasteiger partial charge on any atom is 0.407 e. The number of aliphatic hydroxyl groups is 1. The lowest BCUT2D eigenvalue weighted by Gasteiger charge is -2.35. The predicted octanol–water partition coefficient (Wildman–Crippen LogP) is 9.16. The molecule has 0 bridgehead atoms. The van der Waals surface area contributed by atoms with Gasteiger partial charge in [-0.25, -0.2) is 35.9 Å². The van der Waals surface area contributed by atoms with Gasteiger partial charge in [0, 0.05) is 25.6 Å². The van der Waals surface area contributed by atoms with Crippen molar-refractivity contribution in [3.8, 4) is 22.6 Å². The highest BCUT2D eigenvalue weighted by Crippen LogP contribution is 2.46. The maximum absolute atomic E-state index is 14.7. The number of hydrogen-bond donors (Lipinski definition) is 10. The minimum absolute atomic E-state index is 0.0472. The van der Waals surface area contributed by atoms with Crippen LogP contribution in [0.25, 0.3) is 16.1 Å². The number of alkyl carbamates (subject to hydrolysis) is 2. The Morgan fingerprint density at radius 1 is 0.644 bits per heavy atom. The number of aliphatic hydroxyl groups excluding tert-OH is 1. The Morgan fingerprint density at radius 3 is 1.56 bits per heavy atom. The van der Waals surface area contributed by atoms with Crippen LogP contribution in [0.15, 0.2) is 80.3 Å². The minimum atomic E-state index is -4.27. The number of benzene rings is 4. The van der Waals surface area contributed by atoms with Gasteiger partial charge in [0.2, 0.25) is 40.8 Å². The molecular weight excluding hydrogens is 1340 g/mol. The quantitative estimate of drug-likeness (QED) is 0.00832. The molecule has 0 saturated heterocycles. The van der Waals surface area contributed by atoms with E-state index in [1.54, 1.807) is 62.3 Å². The summed E-state index contributed by atoms with van der Waals surface area (Å²) in [7, 11) is -8.53. The monoisotopic (exact) mass is 1440 g/mol. The SMILES string of the molecule is Cc1c(C)c(S(=O)(=O)NC(N)=NCCC[C@H](NC(=O)OCC2c3ccccc3-c3ccccc32)C(=O)N[C@H](C(=O)N[C@@H](CCCCNC(=O)OC(C)(C)C)C(=O)N[C@@H](CCCN=C(N)NS(=O)(=O)c2c(C)c(C)c3c(c2C)CCC(C)(C)O3)/C(O)=C/[N+]#N)C(C)C)c(C)c2c1OC(C)(C)CC2. The molecule has 1 aliphatic carbocycles. The third-order valence-electron chi connectivity index (χ3n) is 18.5. The minimum Gasteiger partial charge on any atom is -0.504 e. The maximum atomic E-state index is 14.7. The van der Waals surface area contributed by atoms with Crippen LogP contribution in [-0.2, 0) is 56.7 Å². The van der Waals surface area contributed by atoms with Crippen LogP contribution < -0.4 is 57.0 Å². The van der Waals surface area contributed by atoms with E-state index < -0.39 is 115 Å². The molecule has 550 valence electrons. The summed E-state index contributed by atoms with van der Waals surface area (Å²) in [6.45, 7) is 26.7. The zero-order valence-electron chi connectivity index (χ0n) is 60.8. The van der Waals surface area contributed by atoms with Crippen molar-refractivity contribution in [2.45, 2.75) is 231 Å². The van der Waals surface area contributed by atoms with E-state index >= 15 is 0 Å². The summed E-state index contributed by atoms with van der Waals surface area (Å²) in [6, 6.07) is 10.2.